The largest absolute Gasteiger partial charge is 0.379 e. The van der Waals surface area contributed by atoms with Crippen LogP contribution < -0.4 is 10.0 Å². The van der Waals surface area contributed by atoms with E-state index in [4.69, 9.17) is 4.74 Å². The van der Waals surface area contributed by atoms with Crippen LogP contribution in [0.15, 0.2) is 34.7 Å². The van der Waals surface area contributed by atoms with Gasteiger partial charge in [-0.15, -0.1) is 10.2 Å². The van der Waals surface area contributed by atoms with Crippen LogP contribution in [0.5, 0.6) is 0 Å². The summed E-state index contributed by atoms with van der Waals surface area (Å²) in [4.78, 5) is 14.3. The number of nitrogens with zero attached hydrogens (tertiary/aromatic N) is 3. The first kappa shape index (κ1) is 19.8. The van der Waals surface area contributed by atoms with Crippen molar-refractivity contribution in [3.05, 3.63) is 35.9 Å². The number of rotatable bonds is 8. The molecule has 0 saturated carbocycles. The molecule has 2 heterocycles. The number of aromatic nitrogens is 2. The van der Waals surface area contributed by atoms with Crippen molar-refractivity contribution in [2.75, 3.05) is 44.7 Å². The lowest BCUT2D eigenvalue weighted by Crippen LogP contribution is -2.38. The number of nitrogens with one attached hydrogen (secondary N) is 2. The van der Waals surface area contributed by atoms with E-state index in [1.807, 2.05) is 0 Å². The molecular weight excluding hydrogens is 390 g/mol. The Morgan fingerprint density at radius 1 is 1.19 bits per heavy atom. The fourth-order valence-electron chi connectivity index (χ4n) is 2.52. The van der Waals surface area contributed by atoms with Gasteiger partial charge >= 0.3 is 0 Å². The molecule has 2 N–H and O–H groups in total. The molecule has 1 aliphatic rings. The van der Waals surface area contributed by atoms with E-state index >= 15 is 0 Å². The van der Waals surface area contributed by atoms with Crippen LogP contribution in [0.1, 0.15) is 16.8 Å². The van der Waals surface area contributed by atoms with E-state index in [0.717, 1.165) is 31.0 Å². The van der Waals surface area contributed by atoms with Crippen molar-refractivity contribution >= 4 is 32.4 Å². The van der Waals surface area contributed by atoms with Crippen LogP contribution in [0, 0.1) is 0 Å². The third-order valence-corrected chi connectivity index (χ3v) is 6.61. The Balaban J connectivity index is 1.49. The van der Waals surface area contributed by atoms with E-state index in [1.165, 1.54) is 0 Å². The number of hydrogen-bond donors (Lipinski definition) is 2. The Kier molecular flexibility index (Phi) is 6.85. The third kappa shape index (κ3) is 5.78. The van der Waals surface area contributed by atoms with Crippen LogP contribution in [-0.4, -0.2) is 68.8 Å². The summed E-state index contributed by atoms with van der Waals surface area (Å²) < 4.78 is 32.2. The summed E-state index contributed by atoms with van der Waals surface area (Å²) in [5.74, 6) is -0.367. The molecule has 0 aliphatic carbocycles. The summed E-state index contributed by atoms with van der Waals surface area (Å²) in [6, 6.07) is 8.60. The van der Waals surface area contributed by atoms with Crippen molar-refractivity contribution in [1.82, 2.24) is 19.8 Å². The van der Waals surface area contributed by atoms with Crippen molar-refractivity contribution in [2.45, 2.75) is 10.8 Å². The molecule has 2 aromatic rings. The predicted octanol–water partition coefficient (Wildman–Crippen LogP) is 0.791. The van der Waals surface area contributed by atoms with Gasteiger partial charge in [0.25, 0.3) is 15.9 Å². The monoisotopic (exact) mass is 411 g/mol. The van der Waals surface area contributed by atoms with Crippen LogP contribution >= 0.6 is 11.3 Å². The quantitative estimate of drug-likeness (QED) is 0.488. The Hall–Kier alpha value is -1.92. The second kappa shape index (κ2) is 9.33. The molecule has 1 aliphatic heterocycles. The number of carbonyl (C=O) groups excluding carboxylic acids is 1. The molecule has 0 unspecified atom stereocenters. The molecule has 9 nitrogen and oxygen atoms in total. The van der Waals surface area contributed by atoms with Crippen molar-refractivity contribution in [1.29, 1.82) is 0 Å². The summed E-state index contributed by atoms with van der Waals surface area (Å²) in [6.07, 6.45) is 0.690. The van der Waals surface area contributed by atoms with E-state index in [-0.39, 0.29) is 15.4 Å². The molecule has 1 fully saturated rings. The Labute approximate surface area is 161 Å². The summed E-state index contributed by atoms with van der Waals surface area (Å²) in [5.41, 5.74) is 0.457. The zero-order valence-corrected chi connectivity index (χ0v) is 16.3. The molecule has 0 spiro atoms. The van der Waals surface area contributed by atoms with Crippen LogP contribution in [0.4, 0.5) is 5.13 Å². The van der Waals surface area contributed by atoms with Gasteiger partial charge in [0.15, 0.2) is 0 Å². The number of amides is 1. The number of anilines is 1. The van der Waals surface area contributed by atoms with Gasteiger partial charge in [-0.2, -0.15) is 0 Å². The highest BCUT2D eigenvalue weighted by Crippen LogP contribution is 2.20. The van der Waals surface area contributed by atoms with Crippen LogP contribution in [-0.2, 0) is 14.8 Å². The maximum absolute atomic E-state index is 12.3. The van der Waals surface area contributed by atoms with Gasteiger partial charge in [-0.3, -0.25) is 15.0 Å². The van der Waals surface area contributed by atoms with Gasteiger partial charge in [0.2, 0.25) is 9.47 Å². The van der Waals surface area contributed by atoms with Crippen molar-refractivity contribution in [3.63, 3.8) is 0 Å². The van der Waals surface area contributed by atoms with Crippen LogP contribution in [0.2, 0.25) is 0 Å². The van der Waals surface area contributed by atoms with Gasteiger partial charge in [-0.05, 0) is 25.1 Å². The first-order valence-corrected chi connectivity index (χ1v) is 10.8. The van der Waals surface area contributed by atoms with Gasteiger partial charge in [-0.25, -0.2) is 13.1 Å². The molecule has 1 saturated heterocycles. The average molecular weight is 412 g/mol. The molecule has 0 bridgehead atoms. The molecular formula is C16H21N5O4S2. The van der Waals surface area contributed by atoms with Gasteiger partial charge in [0.1, 0.15) is 0 Å². The fraction of sp³-hybridized carbons (Fsp3) is 0.438. The van der Waals surface area contributed by atoms with Gasteiger partial charge in [0.05, 0.1) is 13.2 Å². The maximum atomic E-state index is 12.3. The smallest absolute Gasteiger partial charge is 0.269 e. The summed E-state index contributed by atoms with van der Waals surface area (Å²) in [7, 11) is -3.74. The first-order valence-electron chi connectivity index (χ1n) is 8.54. The highest BCUT2D eigenvalue weighted by Gasteiger charge is 2.21. The van der Waals surface area contributed by atoms with Gasteiger partial charge in [-0.1, -0.05) is 29.5 Å². The minimum Gasteiger partial charge on any atom is -0.379 e. The number of morpholine rings is 1. The Bertz CT molecular complexity index is 851. The van der Waals surface area contributed by atoms with Crippen LogP contribution in [0.25, 0.3) is 0 Å². The molecule has 0 atom stereocenters. The minimum atomic E-state index is -3.74. The number of carbonyl (C=O) groups is 1. The number of ether oxygens (including phenoxy) is 1. The first-order chi connectivity index (χ1) is 13.0. The van der Waals surface area contributed by atoms with E-state index in [2.05, 4.69) is 25.1 Å². The number of sulfonamides is 1. The maximum Gasteiger partial charge on any atom is 0.269 e. The van der Waals surface area contributed by atoms with Gasteiger partial charge < -0.3 is 4.74 Å². The lowest BCUT2D eigenvalue weighted by atomic mass is 10.2. The Morgan fingerprint density at radius 3 is 2.67 bits per heavy atom. The second-order valence-corrected chi connectivity index (χ2v) is 8.82. The van der Waals surface area contributed by atoms with E-state index < -0.39 is 10.0 Å². The molecule has 1 amide bonds. The predicted molar refractivity (Wildman–Crippen MR) is 101 cm³/mol. The SMILES string of the molecule is O=C(Nc1nnc(S(=O)(=O)NCCCN2CCOCC2)s1)c1ccccc1. The topological polar surface area (TPSA) is 114 Å². The van der Waals surface area contributed by atoms with E-state index in [1.54, 1.807) is 30.3 Å². The zero-order valence-electron chi connectivity index (χ0n) is 14.6. The van der Waals surface area contributed by atoms with Crippen molar-refractivity contribution in [3.8, 4) is 0 Å². The van der Waals surface area contributed by atoms with Crippen LogP contribution in [0.3, 0.4) is 0 Å². The highest BCUT2D eigenvalue weighted by molar-refractivity contribution is 7.91. The van der Waals surface area contributed by atoms with E-state index in [9.17, 15) is 13.2 Å². The summed E-state index contributed by atoms with van der Waals surface area (Å²) >= 11 is 0.817. The van der Waals surface area contributed by atoms with Crippen molar-refractivity contribution in [2.24, 2.45) is 0 Å². The molecule has 1 aromatic heterocycles. The lowest BCUT2D eigenvalue weighted by molar-refractivity contribution is 0.0376. The fourth-order valence-corrected chi connectivity index (χ4v) is 4.53. The standard InChI is InChI=1S/C16H21N5O4S2/c22-14(13-5-2-1-3-6-13)18-15-19-20-16(26-15)27(23,24)17-7-4-8-21-9-11-25-12-10-21/h1-3,5-6,17H,4,7-12H2,(H,18,19,22). The van der Waals surface area contributed by atoms with Gasteiger partial charge in [0, 0.05) is 25.2 Å². The number of benzene rings is 1. The second-order valence-electron chi connectivity index (χ2n) is 5.90. The zero-order chi connectivity index (χ0) is 19.1. The molecule has 146 valence electrons. The third-order valence-electron chi connectivity index (χ3n) is 3.94. The lowest BCUT2D eigenvalue weighted by Gasteiger charge is -2.26. The number of hydrogen-bond acceptors (Lipinski definition) is 8. The minimum absolute atomic E-state index is 0.137. The molecule has 0 radical (unpaired) electrons. The normalized spacial score (nSPS) is 15.6. The summed E-state index contributed by atoms with van der Waals surface area (Å²) in [5, 5.41) is 10.1. The molecule has 1 aromatic carbocycles. The van der Waals surface area contributed by atoms with Crippen molar-refractivity contribution < 1.29 is 17.9 Å². The molecule has 3 rings (SSSR count). The highest BCUT2D eigenvalue weighted by atomic mass is 32.2. The van der Waals surface area contributed by atoms with E-state index in [0.29, 0.717) is 31.7 Å². The Morgan fingerprint density at radius 2 is 1.93 bits per heavy atom. The summed E-state index contributed by atoms with van der Waals surface area (Å²) in [6.45, 7) is 4.29. The molecule has 11 heteroatoms. The average Bonchev–Trinajstić information content (AvgIpc) is 3.16. The molecule has 27 heavy (non-hydrogen) atoms.